The average molecular weight is 469 g/mol. The summed E-state index contributed by atoms with van der Waals surface area (Å²) in [5, 5.41) is 3.97. The zero-order chi connectivity index (χ0) is 22.7. The number of ether oxygens (including phenoxy) is 1. The third-order valence-electron chi connectivity index (χ3n) is 5.73. The first-order valence-electron chi connectivity index (χ1n) is 10.6. The van der Waals surface area contributed by atoms with E-state index in [1.54, 1.807) is 12.1 Å². The lowest BCUT2D eigenvalue weighted by molar-refractivity contribution is 0.200. The topological polar surface area (TPSA) is 41.6 Å². The van der Waals surface area contributed by atoms with E-state index in [1.165, 1.54) is 16.8 Å². The van der Waals surface area contributed by atoms with Crippen LogP contribution in [-0.2, 0) is 18.4 Å². The zero-order valence-electron chi connectivity index (χ0n) is 18.2. The van der Waals surface area contributed by atoms with E-state index in [9.17, 15) is 4.79 Å². The molecule has 3 aromatic rings. The van der Waals surface area contributed by atoms with Crippen LogP contribution < -0.4 is 15.0 Å². The summed E-state index contributed by atoms with van der Waals surface area (Å²) < 4.78 is 5.55. The van der Waals surface area contributed by atoms with Gasteiger partial charge in [0.1, 0.15) is 5.75 Å². The number of carbonyl (C=O) groups excluding carboxylic acids is 1. The standard InChI is InChI=1S/C26H26Cl2N2O2/c1-26(2)17-30(16-18-6-4-3-5-7-18)24-11-10-21(15-22(24)26)32-25(31)29-13-12-19-8-9-20(27)14-23(19)28/h3-11,14-15H,12-13,16-17H2,1-2H3,(H,29,31). The molecule has 0 unspecified atom stereocenters. The lowest BCUT2D eigenvalue weighted by atomic mass is 9.87. The third-order valence-corrected chi connectivity index (χ3v) is 6.32. The minimum absolute atomic E-state index is 0.0364. The normalized spacial score (nSPS) is 14.2. The number of halogens is 2. The number of hydrogen-bond donors (Lipinski definition) is 1. The fourth-order valence-electron chi connectivity index (χ4n) is 4.16. The minimum Gasteiger partial charge on any atom is -0.410 e. The molecule has 4 rings (SSSR count). The molecule has 0 aliphatic carbocycles. The van der Waals surface area contributed by atoms with Gasteiger partial charge in [-0.15, -0.1) is 0 Å². The number of fused-ring (bicyclic) bond motifs is 1. The highest BCUT2D eigenvalue weighted by Crippen LogP contribution is 2.42. The van der Waals surface area contributed by atoms with Crippen molar-refractivity contribution in [3.05, 3.63) is 93.5 Å². The summed E-state index contributed by atoms with van der Waals surface area (Å²) in [6.45, 7) is 6.62. The number of carbonyl (C=O) groups is 1. The molecule has 0 fully saturated rings. The summed E-state index contributed by atoms with van der Waals surface area (Å²) in [6, 6.07) is 21.7. The van der Waals surface area contributed by atoms with Crippen LogP contribution in [0.5, 0.6) is 5.75 Å². The van der Waals surface area contributed by atoms with Crippen LogP contribution >= 0.6 is 23.2 Å². The van der Waals surface area contributed by atoms with E-state index in [-0.39, 0.29) is 5.41 Å². The van der Waals surface area contributed by atoms with E-state index in [1.807, 2.05) is 30.3 Å². The Morgan fingerprint density at radius 2 is 1.84 bits per heavy atom. The van der Waals surface area contributed by atoms with Crippen LogP contribution in [-0.4, -0.2) is 19.2 Å². The molecule has 1 aliphatic rings. The molecule has 0 aromatic heterocycles. The second-order valence-corrected chi connectivity index (χ2v) is 9.55. The predicted octanol–water partition coefficient (Wildman–Crippen LogP) is 6.62. The Balaban J connectivity index is 1.38. The summed E-state index contributed by atoms with van der Waals surface area (Å²) in [4.78, 5) is 14.7. The molecule has 166 valence electrons. The van der Waals surface area contributed by atoms with Gasteiger partial charge in [0.2, 0.25) is 0 Å². The molecule has 1 amide bonds. The van der Waals surface area contributed by atoms with Gasteiger partial charge in [0.05, 0.1) is 0 Å². The Kier molecular flexibility index (Phi) is 6.63. The van der Waals surface area contributed by atoms with Crippen LogP contribution in [0.2, 0.25) is 10.0 Å². The number of benzene rings is 3. The van der Waals surface area contributed by atoms with E-state index < -0.39 is 6.09 Å². The monoisotopic (exact) mass is 468 g/mol. The van der Waals surface area contributed by atoms with E-state index >= 15 is 0 Å². The Morgan fingerprint density at radius 3 is 2.59 bits per heavy atom. The molecule has 1 heterocycles. The summed E-state index contributed by atoms with van der Waals surface area (Å²) in [5.41, 5.74) is 4.53. The first-order chi connectivity index (χ1) is 15.3. The lowest BCUT2D eigenvalue weighted by Gasteiger charge is -2.22. The van der Waals surface area contributed by atoms with Gasteiger partial charge in [-0.1, -0.05) is 73.4 Å². The first-order valence-corrected chi connectivity index (χ1v) is 11.4. The molecular weight excluding hydrogens is 443 g/mol. The maximum atomic E-state index is 12.3. The number of amides is 1. The summed E-state index contributed by atoms with van der Waals surface area (Å²) in [5.74, 6) is 0.542. The number of nitrogens with one attached hydrogen (secondary N) is 1. The largest absolute Gasteiger partial charge is 0.412 e. The number of nitrogens with zero attached hydrogens (tertiary/aromatic N) is 1. The fraction of sp³-hybridized carbons (Fsp3) is 0.269. The number of hydrogen-bond acceptors (Lipinski definition) is 3. The van der Waals surface area contributed by atoms with Crippen molar-refractivity contribution in [2.45, 2.75) is 32.2 Å². The first kappa shape index (κ1) is 22.5. The molecule has 6 heteroatoms. The molecule has 0 saturated carbocycles. The maximum Gasteiger partial charge on any atom is 0.412 e. The zero-order valence-corrected chi connectivity index (χ0v) is 19.7. The van der Waals surface area contributed by atoms with Crippen LogP contribution in [0.3, 0.4) is 0 Å². The van der Waals surface area contributed by atoms with Crippen molar-refractivity contribution in [3.63, 3.8) is 0 Å². The molecule has 0 saturated heterocycles. The Hall–Kier alpha value is -2.69. The van der Waals surface area contributed by atoms with Crippen molar-refractivity contribution in [1.82, 2.24) is 5.32 Å². The molecule has 32 heavy (non-hydrogen) atoms. The quantitative estimate of drug-likeness (QED) is 0.441. The van der Waals surface area contributed by atoms with Gasteiger partial charge in [-0.05, 0) is 53.4 Å². The molecule has 0 spiro atoms. The van der Waals surface area contributed by atoms with Crippen LogP contribution in [0, 0.1) is 0 Å². The Bertz CT molecular complexity index is 1120. The Labute approximate surface area is 199 Å². The summed E-state index contributed by atoms with van der Waals surface area (Å²) >= 11 is 12.1. The molecule has 1 N–H and O–H groups in total. The van der Waals surface area contributed by atoms with Crippen LogP contribution in [0.4, 0.5) is 10.5 Å². The van der Waals surface area contributed by atoms with Crippen LogP contribution in [0.1, 0.15) is 30.5 Å². The average Bonchev–Trinajstić information content (AvgIpc) is 3.00. The van der Waals surface area contributed by atoms with Gasteiger partial charge in [-0.25, -0.2) is 4.79 Å². The minimum atomic E-state index is -0.480. The van der Waals surface area contributed by atoms with Crippen molar-refractivity contribution in [3.8, 4) is 5.75 Å². The van der Waals surface area contributed by atoms with Gasteiger partial charge in [-0.2, -0.15) is 0 Å². The summed E-state index contributed by atoms with van der Waals surface area (Å²) in [7, 11) is 0. The smallest absolute Gasteiger partial charge is 0.410 e. The highest BCUT2D eigenvalue weighted by atomic mass is 35.5. The van der Waals surface area contributed by atoms with E-state index in [0.717, 1.165) is 18.7 Å². The molecule has 1 aliphatic heterocycles. The van der Waals surface area contributed by atoms with Gasteiger partial charge < -0.3 is 15.0 Å². The van der Waals surface area contributed by atoms with E-state index in [2.05, 4.69) is 48.3 Å². The Morgan fingerprint density at radius 1 is 1.06 bits per heavy atom. The molecular formula is C26H26Cl2N2O2. The van der Waals surface area contributed by atoms with Crippen LogP contribution in [0.15, 0.2) is 66.7 Å². The SMILES string of the molecule is CC1(C)CN(Cc2ccccc2)c2ccc(OC(=O)NCCc3ccc(Cl)cc3Cl)cc21. The highest BCUT2D eigenvalue weighted by molar-refractivity contribution is 6.35. The highest BCUT2D eigenvalue weighted by Gasteiger charge is 2.35. The van der Waals surface area contributed by atoms with Crippen molar-refractivity contribution >= 4 is 35.0 Å². The van der Waals surface area contributed by atoms with E-state index in [4.69, 9.17) is 27.9 Å². The third kappa shape index (κ3) is 5.20. The maximum absolute atomic E-state index is 12.3. The van der Waals surface area contributed by atoms with Crippen molar-refractivity contribution in [2.75, 3.05) is 18.0 Å². The fourth-order valence-corrected chi connectivity index (χ4v) is 4.66. The van der Waals surface area contributed by atoms with Crippen molar-refractivity contribution in [1.29, 1.82) is 0 Å². The van der Waals surface area contributed by atoms with Gasteiger partial charge in [0.25, 0.3) is 0 Å². The van der Waals surface area contributed by atoms with Gasteiger partial charge in [0.15, 0.2) is 0 Å². The second kappa shape index (κ2) is 9.43. The lowest BCUT2D eigenvalue weighted by Crippen LogP contribution is -2.29. The molecule has 0 atom stereocenters. The molecule has 4 nitrogen and oxygen atoms in total. The number of rotatable bonds is 6. The molecule has 0 radical (unpaired) electrons. The van der Waals surface area contributed by atoms with Crippen molar-refractivity contribution in [2.24, 2.45) is 0 Å². The predicted molar refractivity (Wildman–Crippen MR) is 131 cm³/mol. The van der Waals surface area contributed by atoms with Crippen molar-refractivity contribution < 1.29 is 9.53 Å². The van der Waals surface area contributed by atoms with Gasteiger partial charge in [0, 0.05) is 40.8 Å². The molecule has 0 bridgehead atoms. The summed E-state index contributed by atoms with van der Waals surface area (Å²) in [6.07, 6.45) is 0.114. The van der Waals surface area contributed by atoms with E-state index in [0.29, 0.717) is 28.8 Å². The second-order valence-electron chi connectivity index (χ2n) is 8.71. The van der Waals surface area contributed by atoms with Gasteiger partial charge >= 0.3 is 6.09 Å². The molecule has 3 aromatic carbocycles. The van der Waals surface area contributed by atoms with Crippen LogP contribution in [0.25, 0.3) is 0 Å². The number of anilines is 1. The van der Waals surface area contributed by atoms with Gasteiger partial charge in [-0.3, -0.25) is 0 Å².